The largest absolute Gasteiger partial charge is 0.497 e. The van der Waals surface area contributed by atoms with Gasteiger partial charge < -0.3 is 14.0 Å². The lowest BCUT2D eigenvalue weighted by atomic mass is 10.1. The molecule has 0 saturated carbocycles. The number of benzene rings is 2. The van der Waals surface area contributed by atoms with Gasteiger partial charge in [-0.05, 0) is 48.9 Å². The van der Waals surface area contributed by atoms with Crippen LogP contribution in [0.3, 0.4) is 0 Å². The predicted octanol–water partition coefficient (Wildman–Crippen LogP) is 3.82. The average molecular weight is 368 g/mol. The van der Waals surface area contributed by atoms with E-state index in [9.17, 15) is 4.79 Å². The number of aromatic nitrogens is 1. The number of aryl methyl sites for hydroxylation is 1. The fourth-order valence-electron chi connectivity index (χ4n) is 2.80. The SMILES string of the molecule is COc1ccc(-c2c(C)sc(=NC(=O)c3ccccc3OC)n2C)cc1. The highest BCUT2D eigenvalue weighted by Crippen LogP contribution is 2.26. The third kappa shape index (κ3) is 3.41. The van der Waals surface area contributed by atoms with Gasteiger partial charge in [0.2, 0.25) is 0 Å². The summed E-state index contributed by atoms with van der Waals surface area (Å²) in [6.45, 7) is 2.02. The molecule has 0 fully saturated rings. The van der Waals surface area contributed by atoms with Gasteiger partial charge in [-0.15, -0.1) is 11.3 Å². The molecule has 134 valence electrons. The highest BCUT2D eigenvalue weighted by atomic mass is 32.1. The van der Waals surface area contributed by atoms with Crippen molar-refractivity contribution in [3.63, 3.8) is 0 Å². The maximum atomic E-state index is 12.6. The van der Waals surface area contributed by atoms with Crippen molar-refractivity contribution in [2.24, 2.45) is 12.0 Å². The van der Waals surface area contributed by atoms with Crippen LogP contribution in [0.25, 0.3) is 11.3 Å². The van der Waals surface area contributed by atoms with Crippen molar-refractivity contribution in [1.82, 2.24) is 4.57 Å². The first-order valence-electron chi connectivity index (χ1n) is 8.08. The second-order valence-electron chi connectivity index (χ2n) is 5.69. The van der Waals surface area contributed by atoms with Crippen LogP contribution in [0.1, 0.15) is 15.2 Å². The van der Waals surface area contributed by atoms with Crippen LogP contribution < -0.4 is 14.3 Å². The number of ether oxygens (including phenoxy) is 2. The number of nitrogens with zero attached hydrogens (tertiary/aromatic N) is 2. The smallest absolute Gasteiger partial charge is 0.283 e. The van der Waals surface area contributed by atoms with Crippen molar-refractivity contribution in [2.45, 2.75) is 6.92 Å². The maximum absolute atomic E-state index is 12.6. The minimum atomic E-state index is -0.319. The Morgan fingerprint density at radius 2 is 1.73 bits per heavy atom. The zero-order valence-electron chi connectivity index (χ0n) is 15.1. The molecule has 1 amide bonds. The summed E-state index contributed by atoms with van der Waals surface area (Å²) < 4.78 is 12.4. The number of para-hydroxylation sites is 1. The molecule has 0 radical (unpaired) electrons. The molecule has 3 aromatic rings. The van der Waals surface area contributed by atoms with E-state index in [0.29, 0.717) is 16.1 Å². The van der Waals surface area contributed by atoms with Crippen molar-refractivity contribution in [2.75, 3.05) is 14.2 Å². The molecule has 1 heterocycles. The third-order valence-corrected chi connectivity index (χ3v) is 5.15. The molecule has 0 N–H and O–H groups in total. The zero-order chi connectivity index (χ0) is 18.7. The molecule has 0 saturated heterocycles. The standard InChI is InChI=1S/C20H20N2O3S/c1-13-18(14-9-11-15(24-3)12-10-14)22(2)20(26-13)21-19(23)16-7-5-6-8-17(16)25-4/h5-12H,1-4H3. The van der Waals surface area contributed by atoms with E-state index in [4.69, 9.17) is 9.47 Å². The molecule has 1 aromatic heterocycles. The molecule has 6 heteroatoms. The van der Waals surface area contributed by atoms with Gasteiger partial charge in [0.05, 0.1) is 25.5 Å². The molecule has 3 rings (SSSR count). The van der Waals surface area contributed by atoms with E-state index in [1.54, 1.807) is 32.4 Å². The van der Waals surface area contributed by atoms with Crippen molar-refractivity contribution >= 4 is 17.2 Å². The van der Waals surface area contributed by atoms with Gasteiger partial charge in [0, 0.05) is 11.9 Å². The van der Waals surface area contributed by atoms with E-state index < -0.39 is 0 Å². The Bertz CT molecular complexity index is 1000. The summed E-state index contributed by atoms with van der Waals surface area (Å²) in [6, 6.07) is 14.9. The Morgan fingerprint density at radius 3 is 2.38 bits per heavy atom. The molecular formula is C20H20N2O3S. The summed E-state index contributed by atoms with van der Waals surface area (Å²) in [4.78, 5) is 18.7. The molecule has 0 bridgehead atoms. The molecular weight excluding hydrogens is 348 g/mol. The quantitative estimate of drug-likeness (QED) is 0.703. The summed E-state index contributed by atoms with van der Waals surface area (Å²) >= 11 is 1.49. The van der Waals surface area contributed by atoms with Gasteiger partial charge in [0.15, 0.2) is 4.80 Å². The van der Waals surface area contributed by atoms with Crippen LogP contribution in [0.4, 0.5) is 0 Å². The third-order valence-electron chi connectivity index (χ3n) is 4.10. The molecule has 0 aliphatic carbocycles. The van der Waals surface area contributed by atoms with E-state index >= 15 is 0 Å². The van der Waals surface area contributed by atoms with Crippen LogP contribution in [0.2, 0.25) is 0 Å². The Labute approximate surface area is 156 Å². The topological polar surface area (TPSA) is 52.8 Å². The second-order valence-corrected chi connectivity index (χ2v) is 6.88. The summed E-state index contributed by atoms with van der Waals surface area (Å²) in [5.41, 5.74) is 2.53. The molecule has 0 aliphatic heterocycles. The van der Waals surface area contributed by atoms with E-state index in [1.165, 1.54) is 11.3 Å². The minimum absolute atomic E-state index is 0.319. The van der Waals surface area contributed by atoms with E-state index in [2.05, 4.69) is 4.99 Å². The van der Waals surface area contributed by atoms with E-state index in [-0.39, 0.29) is 5.91 Å². The Morgan fingerprint density at radius 1 is 1.04 bits per heavy atom. The predicted molar refractivity (Wildman–Crippen MR) is 103 cm³/mol. The lowest BCUT2D eigenvalue weighted by molar-refractivity contribution is 0.0995. The number of hydrogen-bond acceptors (Lipinski definition) is 4. The van der Waals surface area contributed by atoms with Crippen LogP contribution in [0, 0.1) is 6.92 Å². The van der Waals surface area contributed by atoms with Gasteiger partial charge in [0.25, 0.3) is 5.91 Å². The first-order chi connectivity index (χ1) is 12.5. The number of carbonyl (C=O) groups excluding carboxylic acids is 1. The highest BCUT2D eigenvalue weighted by molar-refractivity contribution is 7.09. The number of methoxy groups -OCH3 is 2. The Kier molecular flexibility index (Phi) is 5.23. The number of carbonyl (C=O) groups is 1. The van der Waals surface area contributed by atoms with Crippen molar-refractivity contribution < 1.29 is 14.3 Å². The van der Waals surface area contributed by atoms with Crippen LogP contribution in [0.5, 0.6) is 11.5 Å². The van der Waals surface area contributed by atoms with Crippen LogP contribution in [-0.2, 0) is 7.05 Å². The number of hydrogen-bond donors (Lipinski definition) is 0. The monoisotopic (exact) mass is 368 g/mol. The fraction of sp³-hybridized carbons (Fsp3) is 0.200. The van der Waals surface area contributed by atoms with Gasteiger partial charge in [0.1, 0.15) is 11.5 Å². The van der Waals surface area contributed by atoms with Gasteiger partial charge >= 0.3 is 0 Å². The average Bonchev–Trinajstić information content (AvgIpc) is 2.95. The van der Waals surface area contributed by atoms with Crippen molar-refractivity contribution in [1.29, 1.82) is 0 Å². The van der Waals surface area contributed by atoms with Crippen LogP contribution in [-0.4, -0.2) is 24.7 Å². The van der Waals surface area contributed by atoms with Crippen LogP contribution >= 0.6 is 11.3 Å². The zero-order valence-corrected chi connectivity index (χ0v) is 16.0. The summed E-state index contributed by atoms with van der Waals surface area (Å²) in [5, 5.41) is 0. The molecule has 0 unspecified atom stereocenters. The second kappa shape index (κ2) is 7.58. The Balaban J connectivity index is 2.04. The van der Waals surface area contributed by atoms with Gasteiger partial charge in [-0.3, -0.25) is 4.79 Å². The number of rotatable bonds is 4. The summed E-state index contributed by atoms with van der Waals surface area (Å²) in [5.74, 6) is 1.01. The molecule has 5 nitrogen and oxygen atoms in total. The summed E-state index contributed by atoms with van der Waals surface area (Å²) in [6.07, 6.45) is 0. The highest BCUT2D eigenvalue weighted by Gasteiger charge is 2.14. The molecule has 0 atom stereocenters. The fourth-order valence-corrected chi connectivity index (χ4v) is 3.78. The number of thiazole rings is 1. The Hall–Kier alpha value is -2.86. The maximum Gasteiger partial charge on any atom is 0.283 e. The lowest BCUT2D eigenvalue weighted by Gasteiger charge is -2.06. The normalized spacial score (nSPS) is 11.5. The number of amides is 1. The molecule has 2 aromatic carbocycles. The van der Waals surface area contributed by atoms with E-state index in [1.807, 2.05) is 48.9 Å². The van der Waals surface area contributed by atoms with Gasteiger partial charge in [-0.25, -0.2) is 0 Å². The first-order valence-corrected chi connectivity index (χ1v) is 8.89. The molecule has 26 heavy (non-hydrogen) atoms. The minimum Gasteiger partial charge on any atom is -0.497 e. The van der Waals surface area contributed by atoms with Gasteiger partial charge in [-0.1, -0.05) is 12.1 Å². The van der Waals surface area contributed by atoms with Crippen molar-refractivity contribution in [3.8, 4) is 22.8 Å². The lowest BCUT2D eigenvalue weighted by Crippen LogP contribution is -2.14. The summed E-state index contributed by atoms with van der Waals surface area (Å²) in [7, 11) is 5.10. The van der Waals surface area contributed by atoms with Crippen LogP contribution in [0.15, 0.2) is 53.5 Å². The van der Waals surface area contributed by atoms with E-state index in [0.717, 1.165) is 21.9 Å². The van der Waals surface area contributed by atoms with Gasteiger partial charge in [-0.2, -0.15) is 4.99 Å². The van der Waals surface area contributed by atoms with Crippen molar-refractivity contribution in [3.05, 3.63) is 63.8 Å². The molecule has 0 spiro atoms. The molecule has 0 aliphatic rings. The first kappa shape index (κ1) is 17.9.